The standard InChI is InChI=1S/2C11H21Si2.C4H10O.Yb/c2*1-12(2,3)10-7-8-11(9-10)13(4,5)6;1-3-5-4-2;/h2*7-9H,1-6H3;3-4H2,1-2H3;. The number of hydrogen-bond donors (Lipinski definition) is 0. The summed E-state index contributed by atoms with van der Waals surface area (Å²) in [6, 6.07) is 0. The second-order valence-corrected chi connectivity index (χ2v) is 32.9. The van der Waals surface area contributed by atoms with E-state index in [0.717, 1.165) is 13.2 Å². The maximum atomic E-state index is 4.83. The molecule has 0 aromatic carbocycles. The van der Waals surface area contributed by atoms with Gasteiger partial charge >= 0.3 is 0 Å². The molecule has 0 bridgehead atoms. The van der Waals surface area contributed by atoms with Crippen molar-refractivity contribution < 1.29 is 51.7 Å². The van der Waals surface area contributed by atoms with Crippen LogP contribution < -0.4 is 0 Å². The Bertz CT molecular complexity index is 402. The maximum absolute atomic E-state index is 4.83. The first kappa shape index (κ1) is 36.5. The number of rotatable bonds is 6. The molecular weight excluding hydrogens is 614 g/mol. The molecule has 0 amide bonds. The summed E-state index contributed by atoms with van der Waals surface area (Å²) in [6.07, 6.45) is 14.3. The Kier molecular flexibility index (Phi) is 17.8. The maximum Gasteiger partial charge on any atom is 0.0516 e. The van der Waals surface area contributed by atoms with Crippen LogP contribution in [0, 0.1) is 108 Å². The van der Waals surface area contributed by atoms with Crippen LogP contribution in [0.1, 0.15) is 13.8 Å². The summed E-state index contributed by atoms with van der Waals surface area (Å²) in [5, 5.41) is 0. The molecule has 0 atom stereocenters. The van der Waals surface area contributed by atoms with E-state index in [1.54, 1.807) is 22.2 Å². The predicted octanol–water partition coefficient (Wildman–Crippen LogP) is 8.08. The van der Waals surface area contributed by atoms with Crippen molar-refractivity contribution >= 4 is 32.3 Å². The predicted molar refractivity (Wildman–Crippen MR) is 154 cm³/mol. The molecule has 2 rings (SSSR count). The van der Waals surface area contributed by atoms with Crippen LogP contribution in [0.15, 0.2) is 0 Å². The molecule has 0 aliphatic heterocycles. The van der Waals surface area contributed by atoms with E-state index in [2.05, 4.69) is 117 Å². The van der Waals surface area contributed by atoms with Crippen molar-refractivity contribution in [3.63, 3.8) is 0 Å². The number of ether oxygens (including phenoxy) is 1. The first-order valence-electron chi connectivity index (χ1n) is 12.0. The third-order valence-corrected chi connectivity index (χ3v) is 13.6. The summed E-state index contributed by atoms with van der Waals surface area (Å²) < 4.78 is 4.83. The molecular formula is C26H52OSi4Yb. The van der Waals surface area contributed by atoms with Crippen molar-refractivity contribution in [2.75, 3.05) is 13.2 Å². The average molecular weight is 666 g/mol. The van der Waals surface area contributed by atoms with Crippen LogP contribution in [0.3, 0.4) is 0 Å². The third-order valence-electron chi connectivity index (χ3n) is 5.38. The molecule has 0 unspecified atom stereocenters. The molecule has 2 fully saturated rings. The fourth-order valence-electron chi connectivity index (χ4n) is 2.96. The van der Waals surface area contributed by atoms with Gasteiger partial charge in [0.15, 0.2) is 0 Å². The second-order valence-electron chi connectivity index (χ2n) is 12.6. The SMILES string of the molecule is CCOCC.C[Si](C)(C)[C]1[CH][CH][C]([Si](C)(C)C)[CH]1.C[Si](C)(C)[C]1[CH][CH][C]([Si](C)(C)C)[CH]1.[Yb]. The second kappa shape index (κ2) is 15.6. The summed E-state index contributed by atoms with van der Waals surface area (Å²) in [6.45, 7) is 34.6. The van der Waals surface area contributed by atoms with E-state index in [1.807, 2.05) is 13.8 Å². The molecule has 1 nitrogen and oxygen atoms in total. The molecule has 0 heterocycles. The van der Waals surface area contributed by atoms with Gasteiger partial charge in [-0.25, -0.2) is 0 Å². The molecule has 0 spiro atoms. The fraction of sp³-hybridized carbons (Fsp3) is 0.615. The minimum atomic E-state index is -1.07. The molecule has 0 aromatic heterocycles. The minimum Gasteiger partial charge on any atom is -0.382 e. The Morgan fingerprint density at radius 3 is 0.719 bits per heavy atom. The van der Waals surface area contributed by atoms with E-state index >= 15 is 0 Å². The van der Waals surface area contributed by atoms with Gasteiger partial charge in [0.2, 0.25) is 0 Å². The summed E-state index contributed by atoms with van der Waals surface area (Å²) in [5.41, 5.74) is 6.46. The van der Waals surface area contributed by atoms with E-state index in [1.165, 1.54) is 0 Å². The summed E-state index contributed by atoms with van der Waals surface area (Å²) in [7, 11) is -4.28. The van der Waals surface area contributed by atoms with Gasteiger partial charge in [0, 0.05) is 60.1 Å². The van der Waals surface area contributed by atoms with Gasteiger partial charge in [-0.2, -0.15) is 0 Å². The van der Waals surface area contributed by atoms with Gasteiger partial charge in [-0.05, 0) is 74.5 Å². The smallest absolute Gasteiger partial charge is 0.0516 e. The van der Waals surface area contributed by atoms with Crippen molar-refractivity contribution in [1.29, 1.82) is 0 Å². The zero-order valence-corrected chi connectivity index (χ0v) is 29.3. The van der Waals surface area contributed by atoms with Crippen LogP contribution in [0.25, 0.3) is 0 Å². The minimum absolute atomic E-state index is 0. The molecule has 2 saturated carbocycles. The Hall–Kier alpha value is 2.35. The quantitative estimate of drug-likeness (QED) is 0.261. The first-order valence-corrected chi connectivity index (χ1v) is 26.0. The molecule has 2 aliphatic rings. The van der Waals surface area contributed by atoms with Gasteiger partial charge in [0.1, 0.15) is 0 Å². The third kappa shape index (κ3) is 14.8. The normalized spacial score (nSPS) is 19.7. The van der Waals surface area contributed by atoms with Gasteiger partial charge in [-0.15, -0.1) is 0 Å². The largest absolute Gasteiger partial charge is 0.382 e. The molecule has 0 aromatic rings. The van der Waals surface area contributed by atoms with Crippen LogP contribution in [0.2, 0.25) is 78.6 Å². The van der Waals surface area contributed by atoms with Crippen LogP contribution >= 0.6 is 0 Å². The Morgan fingerprint density at radius 2 is 0.656 bits per heavy atom. The molecule has 32 heavy (non-hydrogen) atoms. The van der Waals surface area contributed by atoms with E-state index in [4.69, 9.17) is 4.74 Å². The van der Waals surface area contributed by atoms with Gasteiger partial charge < -0.3 is 4.74 Å². The molecule has 10 radical (unpaired) electrons. The van der Waals surface area contributed by atoms with Gasteiger partial charge in [0.25, 0.3) is 0 Å². The Balaban J connectivity index is 0. The van der Waals surface area contributed by atoms with Crippen molar-refractivity contribution in [3.8, 4) is 0 Å². The van der Waals surface area contributed by atoms with Gasteiger partial charge in [0.05, 0.1) is 32.3 Å². The molecule has 6 heteroatoms. The molecule has 0 saturated heterocycles. The van der Waals surface area contributed by atoms with E-state index in [-0.39, 0.29) is 46.9 Å². The average Bonchev–Trinajstić information content (AvgIpc) is 3.25. The van der Waals surface area contributed by atoms with Crippen LogP contribution in [0.5, 0.6) is 0 Å². The molecule has 192 valence electrons. The van der Waals surface area contributed by atoms with Crippen molar-refractivity contribution in [2.45, 2.75) is 92.4 Å². The fourth-order valence-corrected chi connectivity index (χ4v) is 7.93. The Morgan fingerprint density at radius 1 is 0.469 bits per heavy atom. The van der Waals surface area contributed by atoms with Crippen molar-refractivity contribution in [1.82, 2.24) is 0 Å². The summed E-state index contributed by atoms with van der Waals surface area (Å²) >= 11 is 0. The zero-order valence-electron chi connectivity index (χ0n) is 23.6. The van der Waals surface area contributed by atoms with Crippen LogP contribution in [-0.2, 0) is 4.74 Å². The topological polar surface area (TPSA) is 9.23 Å². The van der Waals surface area contributed by atoms with E-state index < -0.39 is 32.3 Å². The van der Waals surface area contributed by atoms with Gasteiger partial charge in [-0.3, -0.25) is 0 Å². The molecule has 2 aliphatic carbocycles. The number of hydrogen-bond acceptors (Lipinski definition) is 1. The monoisotopic (exact) mass is 666 g/mol. The van der Waals surface area contributed by atoms with E-state index in [9.17, 15) is 0 Å². The van der Waals surface area contributed by atoms with Gasteiger partial charge in [-0.1, -0.05) is 78.6 Å². The van der Waals surface area contributed by atoms with Crippen LogP contribution in [0.4, 0.5) is 0 Å². The van der Waals surface area contributed by atoms with E-state index in [0.29, 0.717) is 0 Å². The summed E-state index contributed by atoms with van der Waals surface area (Å²) in [4.78, 5) is 0. The summed E-state index contributed by atoms with van der Waals surface area (Å²) in [5.74, 6) is 0. The molecule has 0 N–H and O–H groups in total. The van der Waals surface area contributed by atoms with Crippen molar-refractivity contribution in [2.24, 2.45) is 0 Å². The zero-order chi connectivity index (χ0) is 24.7. The first-order chi connectivity index (χ1) is 13.8. The van der Waals surface area contributed by atoms with Crippen LogP contribution in [-0.4, -0.2) is 45.5 Å². The Labute approximate surface area is 247 Å². The van der Waals surface area contributed by atoms with Crippen molar-refractivity contribution in [3.05, 3.63) is 60.7 Å².